The van der Waals surface area contributed by atoms with Gasteiger partial charge in [-0.2, -0.15) is 10.1 Å². The highest BCUT2D eigenvalue weighted by Gasteiger charge is 2.39. The molecule has 2 heterocycles. The molecule has 3 aromatic rings. The number of amidine groups is 1. The molecule has 39 heavy (non-hydrogen) atoms. The number of aryl methyl sites for hydroxylation is 1. The van der Waals surface area contributed by atoms with Crippen LogP contribution in [0.2, 0.25) is 0 Å². The Morgan fingerprint density at radius 3 is 2.38 bits per heavy atom. The fourth-order valence-corrected chi connectivity index (χ4v) is 5.44. The molecule has 2 N–H and O–H groups in total. The van der Waals surface area contributed by atoms with E-state index in [2.05, 4.69) is 10.3 Å². The van der Waals surface area contributed by atoms with E-state index in [1.165, 1.54) is 36.0 Å². The van der Waals surface area contributed by atoms with Gasteiger partial charge in [-0.05, 0) is 54.4 Å². The number of methoxy groups -OCH3 is 1. The van der Waals surface area contributed by atoms with Crippen LogP contribution in [-0.2, 0) is 9.59 Å². The minimum atomic E-state index is -1.05. The molecule has 198 valence electrons. The Bertz CT molecular complexity index is 1470. The summed E-state index contributed by atoms with van der Waals surface area (Å²) in [5, 5.41) is 18.2. The predicted octanol–water partition coefficient (Wildman–Crippen LogP) is 4.88. The number of hydrazone groups is 1. The number of benzene rings is 3. The molecule has 0 aliphatic carbocycles. The molecule has 2 atom stereocenters. The minimum absolute atomic E-state index is 0.0766. The average Bonchev–Trinajstić information content (AvgIpc) is 3.53. The highest BCUT2D eigenvalue weighted by Crippen LogP contribution is 2.39. The molecule has 0 spiro atoms. The fraction of sp³-hybridized carbons (Fsp3) is 0.207. The zero-order valence-electron chi connectivity index (χ0n) is 21.3. The van der Waals surface area contributed by atoms with Crippen molar-refractivity contribution >= 4 is 46.1 Å². The van der Waals surface area contributed by atoms with E-state index in [4.69, 9.17) is 14.9 Å². The van der Waals surface area contributed by atoms with Gasteiger partial charge in [-0.15, -0.1) is 0 Å². The number of aliphatic imine (C=N–C) groups is 1. The maximum atomic E-state index is 12.8. The van der Waals surface area contributed by atoms with Crippen molar-refractivity contribution in [2.45, 2.75) is 31.1 Å². The molecule has 0 aromatic heterocycles. The number of rotatable bonds is 7. The standard InChI is InChI=1S/C29H26N4O5S/c1-17-3-5-18(6-4-17)23-15-24(19-9-13-22(38-2)14-10-19)33(32-23)29-31-27(35)25(39-29)16-26(34)30-21-11-7-20(8-12-21)28(36)37/h3-14,24-25H,15-16H2,1-2H3,(H,30,34)(H,36,37)/t24-,25-/m0/s1. The lowest BCUT2D eigenvalue weighted by molar-refractivity contribution is -0.121. The molecular weight excluding hydrogens is 516 g/mol. The highest BCUT2D eigenvalue weighted by atomic mass is 32.2. The maximum Gasteiger partial charge on any atom is 0.335 e. The third-order valence-electron chi connectivity index (χ3n) is 6.51. The number of carbonyl (C=O) groups is 3. The Balaban J connectivity index is 1.32. The van der Waals surface area contributed by atoms with Gasteiger partial charge in [-0.3, -0.25) is 9.59 Å². The monoisotopic (exact) mass is 542 g/mol. The van der Waals surface area contributed by atoms with Gasteiger partial charge < -0.3 is 15.2 Å². The van der Waals surface area contributed by atoms with Crippen molar-refractivity contribution in [3.8, 4) is 5.75 Å². The normalized spacial score (nSPS) is 18.5. The van der Waals surface area contributed by atoms with Crippen LogP contribution >= 0.6 is 11.8 Å². The number of ether oxygens (including phenoxy) is 1. The Hall–Kier alpha value is -4.44. The molecule has 2 amide bonds. The van der Waals surface area contributed by atoms with E-state index >= 15 is 0 Å². The van der Waals surface area contributed by atoms with Gasteiger partial charge in [0.25, 0.3) is 5.91 Å². The summed E-state index contributed by atoms with van der Waals surface area (Å²) in [4.78, 5) is 40.8. The number of nitrogens with one attached hydrogen (secondary N) is 1. The van der Waals surface area contributed by atoms with E-state index in [1.807, 2.05) is 55.5 Å². The van der Waals surface area contributed by atoms with Crippen LogP contribution in [0.3, 0.4) is 0 Å². The summed E-state index contributed by atoms with van der Waals surface area (Å²) in [6, 6.07) is 21.6. The second-order valence-electron chi connectivity index (χ2n) is 9.22. The molecule has 2 aliphatic heterocycles. The largest absolute Gasteiger partial charge is 0.497 e. The van der Waals surface area contributed by atoms with E-state index < -0.39 is 11.2 Å². The molecule has 10 heteroatoms. The Labute approximate surface area is 229 Å². The molecule has 0 saturated carbocycles. The first-order valence-electron chi connectivity index (χ1n) is 12.3. The summed E-state index contributed by atoms with van der Waals surface area (Å²) in [6.07, 6.45) is 0.549. The lowest BCUT2D eigenvalue weighted by Gasteiger charge is -2.23. The van der Waals surface area contributed by atoms with Crippen molar-refractivity contribution in [3.63, 3.8) is 0 Å². The van der Waals surface area contributed by atoms with Crippen LogP contribution in [0.5, 0.6) is 5.75 Å². The van der Waals surface area contributed by atoms with Crippen molar-refractivity contribution < 1.29 is 24.2 Å². The third kappa shape index (κ3) is 5.85. The molecule has 0 bridgehead atoms. The number of carbonyl (C=O) groups excluding carboxylic acids is 2. The Morgan fingerprint density at radius 2 is 1.74 bits per heavy atom. The van der Waals surface area contributed by atoms with Crippen LogP contribution in [0.1, 0.15) is 45.9 Å². The Morgan fingerprint density at radius 1 is 1.05 bits per heavy atom. The quantitative estimate of drug-likeness (QED) is 0.437. The average molecular weight is 543 g/mol. The van der Waals surface area contributed by atoms with Gasteiger partial charge in [-0.25, -0.2) is 9.80 Å². The molecule has 9 nitrogen and oxygen atoms in total. The topological polar surface area (TPSA) is 121 Å². The minimum Gasteiger partial charge on any atom is -0.497 e. The lowest BCUT2D eigenvalue weighted by Crippen LogP contribution is -2.25. The summed E-state index contributed by atoms with van der Waals surface area (Å²) >= 11 is 1.22. The van der Waals surface area contributed by atoms with Crippen LogP contribution in [0.25, 0.3) is 0 Å². The molecule has 0 unspecified atom stereocenters. The summed E-state index contributed by atoms with van der Waals surface area (Å²) in [5.41, 5.74) is 4.62. The molecule has 0 fully saturated rings. The molecule has 5 rings (SSSR count). The van der Waals surface area contributed by atoms with Crippen LogP contribution in [0.4, 0.5) is 5.69 Å². The summed E-state index contributed by atoms with van der Waals surface area (Å²) in [5.74, 6) is -1.06. The second kappa shape index (κ2) is 11.1. The predicted molar refractivity (Wildman–Crippen MR) is 150 cm³/mol. The number of aromatic carboxylic acids is 1. The number of carboxylic acids is 1. The smallest absolute Gasteiger partial charge is 0.335 e. The van der Waals surface area contributed by atoms with Crippen LogP contribution in [0.15, 0.2) is 82.9 Å². The van der Waals surface area contributed by atoms with Crippen molar-refractivity contribution in [2.24, 2.45) is 10.1 Å². The number of thioether (sulfide) groups is 1. The zero-order valence-corrected chi connectivity index (χ0v) is 22.1. The summed E-state index contributed by atoms with van der Waals surface area (Å²) in [6.45, 7) is 2.03. The van der Waals surface area contributed by atoms with Gasteiger partial charge in [0.05, 0.1) is 24.4 Å². The molecule has 3 aromatic carbocycles. The third-order valence-corrected chi connectivity index (χ3v) is 7.65. The SMILES string of the molecule is COc1ccc([C@@H]2CC(c3ccc(C)cc3)=NN2C2=NC(=O)[C@H](CC(=O)Nc3ccc(C(=O)O)cc3)S2)cc1. The van der Waals surface area contributed by atoms with Crippen LogP contribution in [0, 0.1) is 6.92 Å². The van der Waals surface area contributed by atoms with E-state index in [9.17, 15) is 14.4 Å². The first-order valence-corrected chi connectivity index (χ1v) is 13.2. The summed E-state index contributed by atoms with van der Waals surface area (Å²) in [7, 11) is 1.62. The zero-order chi connectivity index (χ0) is 27.5. The molecule has 2 aliphatic rings. The van der Waals surface area contributed by atoms with E-state index in [0.29, 0.717) is 17.3 Å². The van der Waals surface area contributed by atoms with Crippen molar-refractivity contribution in [1.82, 2.24) is 5.01 Å². The first-order chi connectivity index (χ1) is 18.8. The van der Waals surface area contributed by atoms with Crippen molar-refractivity contribution in [1.29, 1.82) is 0 Å². The number of anilines is 1. The van der Waals surface area contributed by atoms with Crippen LogP contribution < -0.4 is 10.1 Å². The van der Waals surface area contributed by atoms with Gasteiger partial charge in [0.1, 0.15) is 11.0 Å². The fourth-order valence-electron chi connectivity index (χ4n) is 4.37. The number of carboxylic acid groups (broad SMARTS) is 1. The molecule has 0 saturated heterocycles. The van der Waals surface area contributed by atoms with Crippen molar-refractivity contribution in [3.05, 3.63) is 95.1 Å². The van der Waals surface area contributed by atoms with Gasteiger partial charge >= 0.3 is 5.97 Å². The maximum absolute atomic E-state index is 12.8. The lowest BCUT2D eigenvalue weighted by atomic mass is 9.98. The summed E-state index contributed by atoms with van der Waals surface area (Å²) < 4.78 is 5.31. The van der Waals surface area contributed by atoms with Gasteiger partial charge in [0.2, 0.25) is 5.91 Å². The van der Waals surface area contributed by atoms with Crippen molar-refractivity contribution in [2.75, 3.05) is 12.4 Å². The first kappa shape index (κ1) is 26.2. The molecule has 0 radical (unpaired) electrons. The number of hydrogen-bond acceptors (Lipinski definition) is 7. The van der Waals surface area contributed by atoms with E-state index in [1.54, 1.807) is 12.1 Å². The second-order valence-corrected chi connectivity index (χ2v) is 10.4. The highest BCUT2D eigenvalue weighted by molar-refractivity contribution is 8.15. The van der Waals surface area contributed by atoms with Gasteiger partial charge in [0, 0.05) is 18.5 Å². The van der Waals surface area contributed by atoms with E-state index in [0.717, 1.165) is 28.2 Å². The van der Waals surface area contributed by atoms with Gasteiger partial charge in [0.15, 0.2) is 5.17 Å². The molecular formula is C29H26N4O5S. The number of nitrogens with zero attached hydrogens (tertiary/aromatic N) is 3. The number of amides is 2. The van der Waals surface area contributed by atoms with Gasteiger partial charge in [-0.1, -0.05) is 53.7 Å². The Kier molecular flexibility index (Phi) is 7.47. The van der Waals surface area contributed by atoms with Crippen LogP contribution in [-0.4, -0.2) is 51.1 Å². The number of hydrogen-bond donors (Lipinski definition) is 2. The van der Waals surface area contributed by atoms with E-state index in [-0.39, 0.29) is 29.8 Å².